The van der Waals surface area contributed by atoms with E-state index < -0.39 is 5.97 Å². The van der Waals surface area contributed by atoms with Crippen LogP contribution in [0.2, 0.25) is 0 Å². The summed E-state index contributed by atoms with van der Waals surface area (Å²) in [6.45, 7) is 11.1. The summed E-state index contributed by atoms with van der Waals surface area (Å²) in [7, 11) is 1.34. The number of rotatable bonds is 7. The van der Waals surface area contributed by atoms with Crippen molar-refractivity contribution < 1.29 is 24.5 Å². The predicted octanol–water partition coefficient (Wildman–Crippen LogP) is 6.40. The number of nitrogens with one attached hydrogen (secondary N) is 1. The standard InChI is InChI=1S/C32H50N2O5S/c1-17(2)28-27(29(38)39-6)34-30(40-28)33-26(37)12-7-18(3)22-10-11-23-21-9-8-19-15-20(35)13-14-31(19,4)24(21)16-25(36)32(22,23)5/h17-25,35-36H,7-16H2,1-6H3,(H,33,34,37). The van der Waals surface area contributed by atoms with Gasteiger partial charge in [0.25, 0.3) is 0 Å². The Morgan fingerprint density at radius 1 is 1.07 bits per heavy atom. The van der Waals surface area contributed by atoms with Crippen molar-refractivity contribution in [1.82, 2.24) is 4.98 Å². The number of carbonyl (C=O) groups is 2. The Balaban J connectivity index is 1.23. The monoisotopic (exact) mass is 574 g/mol. The quantitative estimate of drug-likeness (QED) is 0.325. The van der Waals surface area contributed by atoms with E-state index >= 15 is 0 Å². The minimum absolute atomic E-state index is 0.0815. The first kappa shape index (κ1) is 30.0. The second kappa shape index (κ2) is 11.3. The molecule has 1 aromatic heterocycles. The van der Waals surface area contributed by atoms with Crippen molar-refractivity contribution >= 4 is 28.3 Å². The van der Waals surface area contributed by atoms with Crippen LogP contribution in [0.5, 0.6) is 0 Å². The molecule has 4 fully saturated rings. The third-order valence-corrected chi connectivity index (χ3v) is 13.4. The third-order valence-electron chi connectivity index (χ3n) is 12.1. The molecule has 0 spiro atoms. The van der Waals surface area contributed by atoms with E-state index in [2.05, 4.69) is 31.1 Å². The molecular formula is C32H50N2O5S. The Hall–Kier alpha value is -1.51. The molecule has 1 aromatic rings. The van der Waals surface area contributed by atoms with E-state index in [1.165, 1.54) is 37.7 Å². The molecule has 1 heterocycles. The average molecular weight is 575 g/mol. The Morgan fingerprint density at radius 2 is 1.82 bits per heavy atom. The van der Waals surface area contributed by atoms with Crippen LogP contribution in [0.3, 0.4) is 0 Å². The summed E-state index contributed by atoms with van der Waals surface area (Å²) >= 11 is 1.34. The van der Waals surface area contributed by atoms with Gasteiger partial charge in [0.15, 0.2) is 10.8 Å². The number of nitrogens with zero attached hydrogens (tertiary/aromatic N) is 1. The molecule has 0 aliphatic heterocycles. The zero-order valence-corrected chi connectivity index (χ0v) is 26.1. The molecule has 0 radical (unpaired) electrons. The number of aliphatic hydroxyl groups is 2. The SMILES string of the molecule is COC(=O)c1nc(NC(=O)CCC(C)C2CCC3C4CCC5CC(O)CCC5(C)C4CC(O)C23C)sc1C(C)C. The van der Waals surface area contributed by atoms with Crippen molar-refractivity contribution in [1.29, 1.82) is 0 Å². The second-order valence-electron chi connectivity index (χ2n) is 14.3. The number of ether oxygens (including phenoxy) is 1. The van der Waals surface area contributed by atoms with Gasteiger partial charge in [0.1, 0.15) is 0 Å². The van der Waals surface area contributed by atoms with Crippen molar-refractivity contribution in [3.63, 3.8) is 0 Å². The van der Waals surface area contributed by atoms with Crippen LogP contribution in [0, 0.1) is 46.3 Å². The summed E-state index contributed by atoms with van der Waals surface area (Å²) < 4.78 is 4.87. The number of anilines is 1. The van der Waals surface area contributed by atoms with E-state index in [4.69, 9.17) is 4.74 Å². The van der Waals surface area contributed by atoms with E-state index in [0.717, 1.165) is 43.4 Å². The van der Waals surface area contributed by atoms with Crippen LogP contribution in [-0.4, -0.2) is 46.4 Å². The topological polar surface area (TPSA) is 109 Å². The first-order valence-corrected chi connectivity index (χ1v) is 16.5. The van der Waals surface area contributed by atoms with E-state index in [9.17, 15) is 19.8 Å². The molecule has 3 N–H and O–H groups in total. The van der Waals surface area contributed by atoms with Crippen molar-refractivity contribution in [2.45, 2.75) is 117 Å². The van der Waals surface area contributed by atoms with Gasteiger partial charge in [-0.05, 0) is 110 Å². The highest BCUT2D eigenvalue weighted by Gasteiger charge is 2.63. The van der Waals surface area contributed by atoms with Crippen LogP contribution in [-0.2, 0) is 9.53 Å². The lowest BCUT2D eigenvalue weighted by Crippen LogP contribution is -2.58. The highest BCUT2D eigenvalue weighted by Crippen LogP contribution is 2.68. The van der Waals surface area contributed by atoms with Gasteiger partial charge in [0, 0.05) is 11.3 Å². The van der Waals surface area contributed by atoms with Gasteiger partial charge in [-0.25, -0.2) is 9.78 Å². The van der Waals surface area contributed by atoms with Crippen molar-refractivity contribution in [3.8, 4) is 0 Å². The maximum atomic E-state index is 12.9. The van der Waals surface area contributed by atoms with Crippen molar-refractivity contribution in [2.24, 2.45) is 46.3 Å². The van der Waals surface area contributed by atoms with Gasteiger partial charge in [0.05, 0.1) is 19.3 Å². The molecule has 224 valence electrons. The maximum Gasteiger partial charge on any atom is 0.357 e. The Kier molecular flexibility index (Phi) is 8.46. The number of esters is 1. The summed E-state index contributed by atoms with van der Waals surface area (Å²) in [6.07, 6.45) is 9.25. The van der Waals surface area contributed by atoms with Gasteiger partial charge in [0.2, 0.25) is 5.91 Å². The fourth-order valence-electron chi connectivity index (χ4n) is 9.92. The van der Waals surface area contributed by atoms with Gasteiger partial charge < -0.3 is 20.3 Å². The molecule has 4 aliphatic carbocycles. The number of fused-ring (bicyclic) bond motifs is 5. The third kappa shape index (κ3) is 5.04. The van der Waals surface area contributed by atoms with Crippen LogP contribution in [0.25, 0.3) is 0 Å². The Bertz CT molecular complexity index is 1110. The molecule has 4 saturated carbocycles. The lowest BCUT2D eigenvalue weighted by atomic mass is 9.43. The fraction of sp³-hybridized carbons (Fsp3) is 0.844. The summed E-state index contributed by atoms with van der Waals surface area (Å²) in [5, 5.41) is 25.5. The van der Waals surface area contributed by atoms with Gasteiger partial charge >= 0.3 is 5.97 Å². The molecule has 0 aromatic carbocycles. The molecule has 4 aliphatic rings. The van der Waals surface area contributed by atoms with Crippen LogP contribution < -0.4 is 5.32 Å². The lowest BCUT2D eigenvalue weighted by molar-refractivity contribution is -0.174. The number of carbonyl (C=O) groups excluding carboxylic acids is 2. The molecular weight excluding hydrogens is 524 g/mol. The molecule has 10 atom stereocenters. The molecule has 0 bridgehead atoms. The predicted molar refractivity (Wildman–Crippen MR) is 157 cm³/mol. The molecule has 0 saturated heterocycles. The number of aromatic nitrogens is 1. The van der Waals surface area contributed by atoms with E-state index in [-0.39, 0.29) is 40.6 Å². The number of thiazole rings is 1. The minimum atomic E-state index is -0.477. The van der Waals surface area contributed by atoms with Crippen LogP contribution >= 0.6 is 11.3 Å². The summed E-state index contributed by atoms with van der Waals surface area (Å²) in [5.41, 5.74) is 0.421. The summed E-state index contributed by atoms with van der Waals surface area (Å²) in [5.74, 6) is 2.62. The zero-order chi connectivity index (χ0) is 29.0. The van der Waals surface area contributed by atoms with E-state index in [1.54, 1.807) is 0 Å². The first-order valence-electron chi connectivity index (χ1n) is 15.6. The summed E-state index contributed by atoms with van der Waals surface area (Å²) in [4.78, 5) is 30.3. The van der Waals surface area contributed by atoms with Crippen molar-refractivity contribution in [3.05, 3.63) is 10.6 Å². The average Bonchev–Trinajstić information content (AvgIpc) is 3.50. The molecule has 8 heteroatoms. The molecule has 40 heavy (non-hydrogen) atoms. The number of aliphatic hydroxyl groups excluding tert-OH is 2. The second-order valence-corrected chi connectivity index (χ2v) is 15.4. The maximum absolute atomic E-state index is 12.9. The first-order chi connectivity index (χ1) is 18.9. The highest BCUT2D eigenvalue weighted by atomic mass is 32.1. The molecule has 10 unspecified atom stereocenters. The zero-order valence-electron chi connectivity index (χ0n) is 25.2. The van der Waals surface area contributed by atoms with Gasteiger partial charge in [-0.1, -0.05) is 34.6 Å². The minimum Gasteiger partial charge on any atom is -0.464 e. The lowest BCUT2D eigenvalue weighted by Gasteiger charge is -2.62. The number of hydrogen-bond acceptors (Lipinski definition) is 7. The molecule has 5 rings (SSSR count). The van der Waals surface area contributed by atoms with E-state index in [1.807, 2.05) is 13.8 Å². The Labute approximate surface area is 243 Å². The van der Waals surface area contributed by atoms with Crippen LogP contribution in [0.4, 0.5) is 5.13 Å². The Morgan fingerprint density at radius 3 is 2.52 bits per heavy atom. The van der Waals surface area contributed by atoms with Gasteiger partial charge in [-0.3, -0.25) is 4.79 Å². The number of methoxy groups -OCH3 is 1. The van der Waals surface area contributed by atoms with Crippen molar-refractivity contribution in [2.75, 3.05) is 12.4 Å². The number of hydrogen-bond donors (Lipinski definition) is 3. The summed E-state index contributed by atoms with van der Waals surface area (Å²) in [6, 6.07) is 0. The van der Waals surface area contributed by atoms with Gasteiger partial charge in [-0.2, -0.15) is 0 Å². The van der Waals surface area contributed by atoms with Crippen LogP contribution in [0.1, 0.15) is 120 Å². The molecule has 1 amide bonds. The molecule has 7 nitrogen and oxygen atoms in total. The number of amides is 1. The van der Waals surface area contributed by atoms with Gasteiger partial charge in [-0.15, -0.1) is 11.3 Å². The largest absolute Gasteiger partial charge is 0.464 e. The highest BCUT2D eigenvalue weighted by molar-refractivity contribution is 7.16. The van der Waals surface area contributed by atoms with E-state index in [0.29, 0.717) is 47.1 Å². The normalized spacial score (nSPS) is 39.7. The van der Waals surface area contributed by atoms with Crippen LogP contribution in [0.15, 0.2) is 0 Å². The smallest absolute Gasteiger partial charge is 0.357 e. The fourth-order valence-corrected chi connectivity index (χ4v) is 10.9.